The smallest absolute Gasteiger partial charge is 0.206 e. The minimum Gasteiger partial charge on any atom is -0.360 e. The number of hydrogen-bond donors (Lipinski definition) is 1. The molecule has 2 aromatic heterocycles. The van der Waals surface area contributed by atoms with Crippen molar-refractivity contribution >= 4 is 45.4 Å². The summed E-state index contributed by atoms with van der Waals surface area (Å²) in [7, 11) is 0. The molecule has 0 bridgehead atoms. The van der Waals surface area contributed by atoms with Gasteiger partial charge in [0.15, 0.2) is 10.1 Å². The van der Waals surface area contributed by atoms with E-state index >= 15 is 0 Å². The van der Waals surface area contributed by atoms with Crippen molar-refractivity contribution in [1.82, 2.24) is 10.2 Å². The topological polar surface area (TPSA) is 54.9 Å². The van der Waals surface area contributed by atoms with Crippen LogP contribution in [0.2, 0.25) is 0 Å². The van der Waals surface area contributed by atoms with E-state index in [4.69, 9.17) is 0 Å². The normalized spacial score (nSPS) is 10.7. The van der Waals surface area contributed by atoms with E-state index in [-0.39, 0.29) is 5.78 Å². The molecule has 0 aliphatic carbocycles. The monoisotopic (exact) mass is 327 g/mol. The van der Waals surface area contributed by atoms with Gasteiger partial charge in [-0.25, -0.2) is 0 Å². The van der Waals surface area contributed by atoms with Crippen LogP contribution in [0.25, 0.3) is 0 Å². The number of thioether (sulfide) groups is 1. The van der Waals surface area contributed by atoms with Gasteiger partial charge in [0.1, 0.15) is 0 Å². The first-order chi connectivity index (χ1) is 9.69. The summed E-state index contributed by atoms with van der Waals surface area (Å²) in [6.07, 6.45) is 2.28. The second-order valence-corrected chi connectivity index (χ2v) is 7.76. The summed E-state index contributed by atoms with van der Waals surface area (Å²) in [6, 6.07) is 3.87. The highest BCUT2D eigenvalue weighted by Crippen LogP contribution is 2.27. The fraction of sp³-hybridized carbons (Fsp3) is 0.462. The lowest BCUT2D eigenvalue weighted by molar-refractivity contribution is 0.102. The molecule has 0 aromatic carbocycles. The van der Waals surface area contributed by atoms with Crippen LogP contribution in [0.1, 0.15) is 34.3 Å². The third-order valence-corrected chi connectivity index (χ3v) is 5.61. The molecule has 108 valence electrons. The zero-order valence-corrected chi connectivity index (χ0v) is 14.0. The van der Waals surface area contributed by atoms with Gasteiger partial charge in [0.2, 0.25) is 5.13 Å². The van der Waals surface area contributed by atoms with Crippen LogP contribution in [0.4, 0.5) is 5.13 Å². The van der Waals surface area contributed by atoms with Crippen LogP contribution in [0.15, 0.2) is 16.5 Å². The number of hydrogen-bond acceptors (Lipinski definition) is 7. The Hall–Kier alpha value is -0.920. The van der Waals surface area contributed by atoms with Crippen molar-refractivity contribution < 1.29 is 4.79 Å². The first-order valence-corrected chi connectivity index (χ1v) is 9.10. The van der Waals surface area contributed by atoms with Crippen LogP contribution in [-0.4, -0.2) is 28.3 Å². The molecule has 0 radical (unpaired) electrons. The maximum Gasteiger partial charge on any atom is 0.206 e. The van der Waals surface area contributed by atoms with E-state index in [0.717, 1.165) is 38.6 Å². The van der Waals surface area contributed by atoms with Crippen LogP contribution >= 0.6 is 34.4 Å². The molecule has 0 saturated heterocycles. The fourth-order valence-electron chi connectivity index (χ4n) is 1.49. The van der Waals surface area contributed by atoms with Gasteiger partial charge in [-0.1, -0.05) is 36.4 Å². The number of anilines is 1. The van der Waals surface area contributed by atoms with Crippen molar-refractivity contribution in [2.24, 2.45) is 0 Å². The Kier molecular flexibility index (Phi) is 6.00. The molecule has 7 heteroatoms. The molecule has 2 rings (SSSR count). The van der Waals surface area contributed by atoms with Crippen molar-refractivity contribution in [1.29, 1.82) is 0 Å². The number of aromatic nitrogens is 2. The molecule has 0 fully saturated rings. The number of ketones is 1. The maximum atomic E-state index is 12.0. The summed E-state index contributed by atoms with van der Waals surface area (Å²) in [5, 5.41) is 12.2. The predicted octanol–water partition coefficient (Wildman–Crippen LogP) is 4.10. The molecule has 0 atom stereocenters. The van der Waals surface area contributed by atoms with Gasteiger partial charge in [-0.3, -0.25) is 4.79 Å². The number of thiophene rings is 1. The lowest BCUT2D eigenvalue weighted by atomic mass is 10.3. The second kappa shape index (κ2) is 7.75. The largest absolute Gasteiger partial charge is 0.360 e. The summed E-state index contributed by atoms with van der Waals surface area (Å²) in [4.78, 5) is 14.0. The average molecular weight is 328 g/mol. The van der Waals surface area contributed by atoms with Crippen LogP contribution in [-0.2, 0) is 0 Å². The predicted molar refractivity (Wildman–Crippen MR) is 87.4 cm³/mol. The lowest BCUT2D eigenvalue weighted by Crippen LogP contribution is -1.99. The highest BCUT2D eigenvalue weighted by Gasteiger charge is 2.11. The van der Waals surface area contributed by atoms with Crippen molar-refractivity contribution in [3.05, 3.63) is 21.9 Å². The van der Waals surface area contributed by atoms with E-state index in [1.165, 1.54) is 23.1 Å². The van der Waals surface area contributed by atoms with E-state index in [2.05, 4.69) is 22.4 Å². The summed E-state index contributed by atoms with van der Waals surface area (Å²) in [5.41, 5.74) is 0. The summed E-state index contributed by atoms with van der Waals surface area (Å²) >= 11 is 4.50. The van der Waals surface area contributed by atoms with Crippen LogP contribution in [0, 0.1) is 6.92 Å². The average Bonchev–Trinajstić information content (AvgIpc) is 3.05. The Morgan fingerprint density at radius 2 is 2.20 bits per heavy atom. The zero-order chi connectivity index (χ0) is 14.4. The molecule has 0 unspecified atom stereocenters. The molecule has 20 heavy (non-hydrogen) atoms. The van der Waals surface area contributed by atoms with Crippen molar-refractivity contribution in [2.75, 3.05) is 17.6 Å². The van der Waals surface area contributed by atoms with Crippen LogP contribution < -0.4 is 5.32 Å². The van der Waals surface area contributed by atoms with Gasteiger partial charge in [0.25, 0.3) is 0 Å². The number of carbonyl (C=O) groups excluding carboxylic acids is 1. The highest BCUT2D eigenvalue weighted by atomic mass is 32.2. The lowest BCUT2D eigenvalue weighted by Gasteiger charge is -1.97. The number of nitrogens with zero attached hydrogens (tertiary/aromatic N) is 2. The third-order valence-electron chi connectivity index (χ3n) is 2.55. The number of unbranched alkanes of at least 4 members (excludes halogenated alkanes) is 1. The Morgan fingerprint density at radius 1 is 1.35 bits per heavy atom. The standard InChI is InChI=1S/C13H17N3OS3/c1-3-4-7-14-12-15-16-13(20-12)18-8-10(17)11-6-5-9(2)19-11/h5-6H,3-4,7-8H2,1-2H3,(H,14,15). The van der Waals surface area contributed by atoms with E-state index in [1.54, 1.807) is 11.3 Å². The van der Waals surface area contributed by atoms with Crippen molar-refractivity contribution in [3.8, 4) is 0 Å². The molecule has 2 heterocycles. The first-order valence-electron chi connectivity index (χ1n) is 6.49. The van der Waals surface area contributed by atoms with E-state index < -0.39 is 0 Å². The molecule has 0 amide bonds. The third kappa shape index (κ3) is 4.57. The molecular formula is C13H17N3OS3. The zero-order valence-electron chi connectivity index (χ0n) is 11.5. The van der Waals surface area contributed by atoms with Gasteiger partial charge in [-0.05, 0) is 25.5 Å². The van der Waals surface area contributed by atoms with E-state index in [9.17, 15) is 4.79 Å². The summed E-state index contributed by atoms with van der Waals surface area (Å²) in [6.45, 7) is 5.08. The molecule has 4 nitrogen and oxygen atoms in total. The Morgan fingerprint density at radius 3 is 2.90 bits per heavy atom. The number of aryl methyl sites for hydroxylation is 1. The second-order valence-electron chi connectivity index (χ2n) is 4.28. The Balaban J connectivity index is 1.80. The van der Waals surface area contributed by atoms with E-state index in [1.807, 2.05) is 19.1 Å². The van der Waals surface area contributed by atoms with Crippen molar-refractivity contribution in [3.63, 3.8) is 0 Å². The van der Waals surface area contributed by atoms with Gasteiger partial charge in [0.05, 0.1) is 10.6 Å². The number of rotatable bonds is 8. The number of Topliss-reactive ketones (excluding diaryl/α,β-unsaturated/α-hetero) is 1. The molecule has 0 aliphatic heterocycles. The van der Waals surface area contributed by atoms with E-state index in [0.29, 0.717) is 5.75 Å². The molecule has 0 spiro atoms. The first kappa shape index (κ1) is 15.5. The minimum absolute atomic E-state index is 0.156. The summed E-state index contributed by atoms with van der Waals surface area (Å²) < 4.78 is 0.839. The maximum absolute atomic E-state index is 12.0. The number of carbonyl (C=O) groups is 1. The minimum atomic E-state index is 0.156. The van der Waals surface area contributed by atoms with Crippen LogP contribution in [0.5, 0.6) is 0 Å². The summed E-state index contributed by atoms with van der Waals surface area (Å²) in [5.74, 6) is 0.576. The highest BCUT2D eigenvalue weighted by molar-refractivity contribution is 8.01. The van der Waals surface area contributed by atoms with Crippen molar-refractivity contribution in [2.45, 2.75) is 31.0 Å². The number of nitrogens with one attached hydrogen (secondary N) is 1. The van der Waals surface area contributed by atoms with Gasteiger partial charge in [-0.2, -0.15) is 0 Å². The molecule has 1 N–H and O–H groups in total. The Bertz CT molecular complexity index is 565. The fourth-order valence-corrected chi connectivity index (χ4v) is 4.05. The molecular weight excluding hydrogens is 310 g/mol. The van der Waals surface area contributed by atoms with Gasteiger partial charge >= 0.3 is 0 Å². The van der Waals surface area contributed by atoms with Gasteiger partial charge in [-0.15, -0.1) is 21.5 Å². The van der Waals surface area contributed by atoms with Gasteiger partial charge in [0, 0.05) is 11.4 Å². The van der Waals surface area contributed by atoms with Gasteiger partial charge < -0.3 is 5.32 Å². The molecule has 2 aromatic rings. The SMILES string of the molecule is CCCCNc1nnc(SCC(=O)c2ccc(C)s2)s1. The van der Waals surface area contributed by atoms with Crippen LogP contribution in [0.3, 0.4) is 0 Å². The molecule has 0 aliphatic rings. The molecule has 0 saturated carbocycles. The quantitative estimate of drug-likeness (QED) is 0.449. The Labute approximate surface area is 131 Å².